The average Bonchev–Trinajstić information content (AvgIpc) is 2.88. The molecule has 0 saturated carbocycles. The fourth-order valence-corrected chi connectivity index (χ4v) is 4.99. The van der Waals surface area contributed by atoms with E-state index in [1.54, 1.807) is 6.07 Å². The van der Waals surface area contributed by atoms with Crippen molar-refractivity contribution >= 4 is 5.69 Å². The van der Waals surface area contributed by atoms with Gasteiger partial charge in [-0.15, -0.1) is 0 Å². The molecule has 1 aliphatic rings. The summed E-state index contributed by atoms with van der Waals surface area (Å²) in [6.07, 6.45) is 0.820. The van der Waals surface area contributed by atoms with Gasteiger partial charge in [0.25, 0.3) is 0 Å². The molecule has 2 atom stereocenters. The molecule has 3 rings (SSSR count). The van der Waals surface area contributed by atoms with Gasteiger partial charge in [0.05, 0.1) is 29.4 Å². The Kier molecular flexibility index (Phi) is 9.86. The SMILES string of the molecule is CCCC(CC(N)CC)c1ccc(OCCC2(O)CCN(c3ccc(C#N)c(C(F)(F)F)c3)CC2)cc1. The highest BCUT2D eigenvalue weighted by atomic mass is 19.4. The van der Waals surface area contributed by atoms with E-state index in [0.29, 0.717) is 50.6 Å². The molecule has 3 N–H and O–H groups in total. The highest BCUT2D eigenvalue weighted by Gasteiger charge is 2.36. The number of piperidine rings is 1. The van der Waals surface area contributed by atoms with Gasteiger partial charge in [-0.25, -0.2) is 0 Å². The smallest absolute Gasteiger partial charge is 0.417 e. The van der Waals surface area contributed by atoms with E-state index in [9.17, 15) is 18.3 Å². The van der Waals surface area contributed by atoms with E-state index in [2.05, 4.69) is 26.0 Å². The van der Waals surface area contributed by atoms with Gasteiger partial charge in [0, 0.05) is 31.2 Å². The highest BCUT2D eigenvalue weighted by Crippen LogP contribution is 2.36. The Balaban J connectivity index is 1.52. The molecule has 37 heavy (non-hydrogen) atoms. The maximum absolute atomic E-state index is 13.3. The lowest BCUT2D eigenvalue weighted by atomic mass is 9.88. The predicted molar refractivity (Wildman–Crippen MR) is 140 cm³/mol. The van der Waals surface area contributed by atoms with E-state index in [1.807, 2.05) is 17.0 Å². The number of alkyl halides is 3. The first-order valence-corrected chi connectivity index (χ1v) is 13.2. The zero-order valence-electron chi connectivity index (χ0n) is 21.7. The van der Waals surface area contributed by atoms with Gasteiger partial charge in [-0.2, -0.15) is 18.4 Å². The summed E-state index contributed by atoms with van der Waals surface area (Å²) in [7, 11) is 0. The summed E-state index contributed by atoms with van der Waals surface area (Å²) in [5.74, 6) is 1.18. The lowest BCUT2D eigenvalue weighted by Crippen LogP contribution is -2.45. The molecule has 1 aliphatic heterocycles. The summed E-state index contributed by atoms with van der Waals surface area (Å²) in [6.45, 7) is 5.49. The number of hydrogen-bond acceptors (Lipinski definition) is 5. The molecule has 0 aliphatic carbocycles. The quantitative estimate of drug-likeness (QED) is 0.361. The van der Waals surface area contributed by atoms with Crippen LogP contribution in [0.25, 0.3) is 0 Å². The Labute approximate surface area is 218 Å². The molecule has 2 aromatic rings. The van der Waals surface area contributed by atoms with Crippen LogP contribution in [0.1, 0.15) is 81.4 Å². The number of rotatable bonds is 11. The molecule has 1 fully saturated rings. The number of aliphatic hydroxyl groups is 1. The van der Waals surface area contributed by atoms with Gasteiger partial charge in [0.2, 0.25) is 0 Å². The maximum atomic E-state index is 13.3. The summed E-state index contributed by atoms with van der Waals surface area (Å²) >= 11 is 0. The van der Waals surface area contributed by atoms with Crippen molar-refractivity contribution in [3.8, 4) is 11.8 Å². The summed E-state index contributed by atoms with van der Waals surface area (Å²) in [5.41, 5.74) is 5.61. The summed E-state index contributed by atoms with van der Waals surface area (Å²) in [6, 6.07) is 13.7. The van der Waals surface area contributed by atoms with Crippen LogP contribution in [0.2, 0.25) is 0 Å². The molecular formula is C29H38F3N3O2. The van der Waals surface area contributed by atoms with Gasteiger partial charge < -0.3 is 20.5 Å². The van der Waals surface area contributed by atoms with Crippen LogP contribution in [-0.4, -0.2) is 36.4 Å². The van der Waals surface area contributed by atoms with E-state index in [-0.39, 0.29) is 11.6 Å². The van der Waals surface area contributed by atoms with Crippen LogP contribution in [0.4, 0.5) is 18.9 Å². The molecule has 0 bridgehead atoms. The third-order valence-corrected chi connectivity index (χ3v) is 7.42. The molecule has 0 spiro atoms. The number of nitrogens with zero attached hydrogens (tertiary/aromatic N) is 2. The Morgan fingerprint density at radius 3 is 2.38 bits per heavy atom. The van der Waals surface area contributed by atoms with E-state index in [0.717, 1.165) is 37.5 Å². The summed E-state index contributed by atoms with van der Waals surface area (Å²) in [5, 5.41) is 20.0. The van der Waals surface area contributed by atoms with Crippen molar-refractivity contribution in [2.45, 2.75) is 82.5 Å². The number of ether oxygens (including phenoxy) is 1. The molecule has 5 nitrogen and oxygen atoms in total. The Morgan fingerprint density at radius 1 is 1.14 bits per heavy atom. The third kappa shape index (κ3) is 7.86. The van der Waals surface area contributed by atoms with Crippen molar-refractivity contribution in [3.63, 3.8) is 0 Å². The number of hydrogen-bond donors (Lipinski definition) is 2. The number of halogens is 3. The molecule has 2 unspecified atom stereocenters. The Morgan fingerprint density at radius 2 is 1.81 bits per heavy atom. The second-order valence-electron chi connectivity index (χ2n) is 10.1. The van der Waals surface area contributed by atoms with Gasteiger partial charge >= 0.3 is 6.18 Å². The maximum Gasteiger partial charge on any atom is 0.417 e. The predicted octanol–water partition coefficient (Wildman–Crippen LogP) is 6.39. The van der Waals surface area contributed by atoms with Crippen molar-refractivity contribution in [2.75, 3.05) is 24.6 Å². The minimum atomic E-state index is -4.59. The van der Waals surface area contributed by atoms with Crippen LogP contribution in [-0.2, 0) is 6.18 Å². The first-order valence-electron chi connectivity index (χ1n) is 13.2. The van der Waals surface area contributed by atoms with Crippen molar-refractivity contribution in [3.05, 3.63) is 59.2 Å². The van der Waals surface area contributed by atoms with Gasteiger partial charge in [-0.05, 0) is 73.9 Å². The fraction of sp³-hybridized carbons (Fsp3) is 0.552. The normalized spacial score (nSPS) is 17.2. The molecule has 8 heteroatoms. The van der Waals surface area contributed by atoms with Crippen LogP contribution < -0.4 is 15.4 Å². The Bertz CT molecular complexity index is 1040. The second-order valence-corrected chi connectivity index (χ2v) is 10.1. The second kappa shape index (κ2) is 12.7. The molecule has 1 heterocycles. The van der Waals surface area contributed by atoms with Crippen LogP contribution in [0, 0.1) is 11.3 Å². The van der Waals surface area contributed by atoms with E-state index in [1.165, 1.54) is 17.7 Å². The van der Waals surface area contributed by atoms with Gasteiger partial charge in [0.1, 0.15) is 5.75 Å². The number of nitriles is 1. The minimum absolute atomic E-state index is 0.197. The molecular weight excluding hydrogens is 479 g/mol. The lowest BCUT2D eigenvalue weighted by molar-refractivity contribution is -0.137. The molecule has 202 valence electrons. The van der Waals surface area contributed by atoms with E-state index < -0.39 is 17.3 Å². The third-order valence-electron chi connectivity index (χ3n) is 7.42. The van der Waals surface area contributed by atoms with E-state index >= 15 is 0 Å². The number of benzene rings is 2. The van der Waals surface area contributed by atoms with Gasteiger partial charge in [-0.1, -0.05) is 32.4 Å². The number of nitrogens with two attached hydrogens (primary N) is 1. The minimum Gasteiger partial charge on any atom is -0.493 e. The summed E-state index contributed by atoms with van der Waals surface area (Å²) in [4.78, 5) is 1.82. The highest BCUT2D eigenvalue weighted by molar-refractivity contribution is 5.55. The van der Waals surface area contributed by atoms with Gasteiger partial charge in [0.15, 0.2) is 0 Å². The molecule has 1 saturated heterocycles. The zero-order valence-corrected chi connectivity index (χ0v) is 21.7. The van der Waals surface area contributed by atoms with Crippen LogP contribution in [0.15, 0.2) is 42.5 Å². The largest absolute Gasteiger partial charge is 0.493 e. The lowest BCUT2D eigenvalue weighted by Gasteiger charge is -2.39. The Hall–Kier alpha value is -2.76. The van der Waals surface area contributed by atoms with Crippen LogP contribution in [0.5, 0.6) is 5.75 Å². The summed E-state index contributed by atoms with van der Waals surface area (Å²) < 4.78 is 45.9. The molecule has 0 aromatic heterocycles. The fourth-order valence-electron chi connectivity index (χ4n) is 4.99. The van der Waals surface area contributed by atoms with Crippen molar-refractivity contribution < 1.29 is 23.0 Å². The average molecular weight is 518 g/mol. The monoisotopic (exact) mass is 517 g/mol. The number of anilines is 1. The van der Waals surface area contributed by atoms with Crippen molar-refractivity contribution in [2.24, 2.45) is 5.73 Å². The van der Waals surface area contributed by atoms with E-state index in [4.69, 9.17) is 15.7 Å². The first kappa shape index (κ1) is 28.8. The standard InChI is InChI=1S/C29H38F3N3O2/c1-3-5-22(18-24(34)4-2)21-7-10-26(11-8-21)37-17-14-28(36)12-15-35(16-13-28)25-9-6-23(20-33)27(19-25)29(30,31)32/h6-11,19,22,24,36H,3-5,12-18,34H2,1-2H3. The van der Waals surface area contributed by atoms with Crippen LogP contribution in [0.3, 0.4) is 0 Å². The van der Waals surface area contributed by atoms with Crippen molar-refractivity contribution in [1.82, 2.24) is 0 Å². The zero-order chi connectivity index (χ0) is 27.1. The van der Waals surface area contributed by atoms with Crippen LogP contribution >= 0.6 is 0 Å². The molecule has 0 radical (unpaired) electrons. The first-order chi connectivity index (χ1) is 17.6. The van der Waals surface area contributed by atoms with Crippen molar-refractivity contribution in [1.29, 1.82) is 5.26 Å². The molecule has 0 amide bonds. The molecule has 2 aromatic carbocycles. The van der Waals surface area contributed by atoms with Gasteiger partial charge in [-0.3, -0.25) is 0 Å². The topological polar surface area (TPSA) is 82.5 Å².